The Balaban J connectivity index is 1.97. The first kappa shape index (κ1) is 16.5. The van der Waals surface area contributed by atoms with E-state index in [-0.39, 0.29) is 5.92 Å². The second kappa shape index (κ2) is 7.97. The van der Waals surface area contributed by atoms with Gasteiger partial charge in [-0.05, 0) is 47.4 Å². The lowest BCUT2D eigenvalue weighted by Gasteiger charge is -2.21. The van der Waals surface area contributed by atoms with Crippen molar-refractivity contribution in [3.63, 3.8) is 0 Å². The number of aromatic nitrogens is 1. The van der Waals surface area contributed by atoms with E-state index in [1.807, 2.05) is 42.5 Å². The molecule has 1 aromatic heterocycles. The Bertz CT molecular complexity index is 793. The van der Waals surface area contributed by atoms with Gasteiger partial charge in [-0.25, -0.2) is 0 Å². The van der Waals surface area contributed by atoms with Gasteiger partial charge in [-0.1, -0.05) is 63.6 Å². The molecule has 0 aliphatic carbocycles. The third-order valence-corrected chi connectivity index (χ3v) is 4.62. The normalized spacial score (nSPS) is 13.2. The van der Waals surface area contributed by atoms with Crippen LogP contribution >= 0.6 is 15.9 Å². The summed E-state index contributed by atoms with van der Waals surface area (Å²) in [5.74, 6) is 0.0968. The second-order valence-electron chi connectivity index (χ2n) is 5.66. The molecule has 0 bridgehead atoms. The molecule has 24 heavy (non-hydrogen) atoms. The van der Waals surface area contributed by atoms with Crippen molar-refractivity contribution in [2.75, 3.05) is 0 Å². The minimum absolute atomic E-state index is 0.0968. The highest BCUT2D eigenvalue weighted by Gasteiger charge is 2.22. The van der Waals surface area contributed by atoms with Gasteiger partial charge in [0.25, 0.3) is 0 Å². The van der Waals surface area contributed by atoms with Crippen LogP contribution in [0.25, 0.3) is 0 Å². The third kappa shape index (κ3) is 3.95. The highest BCUT2D eigenvalue weighted by molar-refractivity contribution is 9.10. The van der Waals surface area contributed by atoms with Crippen molar-refractivity contribution >= 4 is 15.9 Å². The van der Waals surface area contributed by atoms with E-state index in [4.69, 9.17) is 0 Å². The molecule has 2 unspecified atom stereocenters. The molecule has 120 valence electrons. The Morgan fingerprint density at radius 3 is 2.25 bits per heavy atom. The van der Waals surface area contributed by atoms with Crippen LogP contribution in [0.3, 0.4) is 0 Å². The summed E-state index contributed by atoms with van der Waals surface area (Å²) in [6.07, 6.45) is 4.02. The Labute approximate surface area is 149 Å². The van der Waals surface area contributed by atoms with Gasteiger partial charge in [-0.2, -0.15) is 4.91 Å². The maximum Gasteiger partial charge on any atom is 0.118 e. The second-order valence-corrected chi connectivity index (χ2v) is 6.57. The van der Waals surface area contributed by atoms with Crippen molar-refractivity contribution in [2.45, 2.75) is 18.4 Å². The summed E-state index contributed by atoms with van der Waals surface area (Å²) in [5.41, 5.74) is 3.24. The molecule has 3 rings (SSSR count). The lowest BCUT2D eigenvalue weighted by molar-refractivity contribution is 0.593. The number of benzene rings is 2. The molecule has 3 nitrogen and oxygen atoms in total. The first-order valence-electron chi connectivity index (χ1n) is 7.80. The molecule has 0 radical (unpaired) electrons. The van der Waals surface area contributed by atoms with Gasteiger partial charge in [0.05, 0.1) is 0 Å². The molecule has 0 saturated heterocycles. The van der Waals surface area contributed by atoms with Crippen LogP contribution < -0.4 is 0 Å². The fraction of sp³-hybridized carbons (Fsp3) is 0.150. The van der Waals surface area contributed by atoms with Crippen molar-refractivity contribution in [1.29, 1.82) is 0 Å². The van der Waals surface area contributed by atoms with Gasteiger partial charge in [0, 0.05) is 22.8 Å². The monoisotopic (exact) mass is 380 g/mol. The zero-order valence-electron chi connectivity index (χ0n) is 13.0. The van der Waals surface area contributed by atoms with Crippen LogP contribution in [-0.2, 0) is 0 Å². The summed E-state index contributed by atoms with van der Waals surface area (Å²) in [6, 6.07) is 21.8. The van der Waals surface area contributed by atoms with Crippen LogP contribution in [0.4, 0.5) is 0 Å². The van der Waals surface area contributed by atoms with E-state index >= 15 is 0 Å². The SMILES string of the molecule is O=NC(CC(c1ccccc1)c1cccc(Br)c1)c1ccncc1. The third-order valence-electron chi connectivity index (χ3n) is 4.13. The topological polar surface area (TPSA) is 42.3 Å². The molecule has 0 N–H and O–H groups in total. The number of pyridine rings is 1. The van der Waals surface area contributed by atoms with Crippen molar-refractivity contribution in [1.82, 2.24) is 4.98 Å². The average Bonchev–Trinajstić information content (AvgIpc) is 2.64. The average molecular weight is 381 g/mol. The lowest BCUT2D eigenvalue weighted by atomic mass is 9.84. The number of nitroso groups, excluding NO2 is 1. The Morgan fingerprint density at radius 1 is 0.875 bits per heavy atom. The smallest absolute Gasteiger partial charge is 0.118 e. The molecule has 1 heterocycles. The van der Waals surface area contributed by atoms with Crippen LogP contribution in [0.1, 0.15) is 35.1 Å². The van der Waals surface area contributed by atoms with E-state index in [9.17, 15) is 4.91 Å². The maximum atomic E-state index is 11.5. The van der Waals surface area contributed by atoms with Gasteiger partial charge < -0.3 is 0 Å². The zero-order valence-corrected chi connectivity index (χ0v) is 14.6. The minimum atomic E-state index is -0.405. The molecule has 4 heteroatoms. The van der Waals surface area contributed by atoms with Gasteiger partial charge in [0.15, 0.2) is 0 Å². The quantitative estimate of drug-likeness (QED) is 0.501. The predicted molar refractivity (Wildman–Crippen MR) is 99.8 cm³/mol. The van der Waals surface area contributed by atoms with E-state index < -0.39 is 6.04 Å². The summed E-state index contributed by atoms with van der Waals surface area (Å²) < 4.78 is 1.03. The van der Waals surface area contributed by atoms with Crippen LogP contribution in [0.2, 0.25) is 0 Å². The van der Waals surface area contributed by atoms with Crippen LogP contribution in [0.15, 0.2) is 88.8 Å². The lowest BCUT2D eigenvalue weighted by Crippen LogP contribution is -2.07. The number of halogens is 1. The molecule has 0 amide bonds. The molecule has 0 fully saturated rings. The van der Waals surface area contributed by atoms with E-state index in [2.05, 4.69) is 50.4 Å². The summed E-state index contributed by atoms with van der Waals surface area (Å²) in [7, 11) is 0. The van der Waals surface area contributed by atoms with Gasteiger partial charge >= 0.3 is 0 Å². The van der Waals surface area contributed by atoms with Gasteiger partial charge in [-0.15, -0.1) is 0 Å². The highest BCUT2D eigenvalue weighted by Crippen LogP contribution is 2.36. The molecular formula is C20H17BrN2O. The first-order valence-corrected chi connectivity index (χ1v) is 8.60. The van der Waals surface area contributed by atoms with E-state index in [0.29, 0.717) is 6.42 Å². The van der Waals surface area contributed by atoms with Crippen molar-refractivity contribution < 1.29 is 0 Å². The maximum absolute atomic E-state index is 11.5. The van der Waals surface area contributed by atoms with Crippen LogP contribution in [0.5, 0.6) is 0 Å². The van der Waals surface area contributed by atoms with E-state index in [1.165, 1.54) is 11.1 Å². The molecule has 0 aliphatic heterocycles. The Morgan fingerprint density at radius 2 is 1.58 bits per heavy atom. The molecular weight excluding hydrogens is 364 g/mol. The summed E-state index contributed by atoms with van der Waals surface area (Å²) in [4.78, 5) is 15.5. The molecule has 2 aromatic carbocycles. The van der Waals surface area contributed by atoms with Gasteiger partial charge in [-0.3, -0.25) is 4.98 Å². The van der Waals surface area contributed by atoms with E-state index in [0.717, 1.165) is 10.0 Å². The van der Waals surface area contributed by atoms with Crippen molar-refractivity contribution in [3.05, 3.63) is 105 Å². The molecule has 0 saturated carbocycles. The van der Waals surface area contributed by atoms with Crippen molar-refractivity contribution in [3.8, 4) is 0 Å². The Hall–Kier alpha value is -2.33. The molecule has 2 atom stereocenters. The number of nitrogens with zero attached hydrogens (tertiary/aromatic N) is 2. The number of rotatable bonds is 6. The largest absolute Gasteiger partial charge is 0.265 e. The first-order chi connectivity index (χ1) is 11.8. The fourth-order valence-corrected chi connectivity index (χ4v) is 3.34. The standard InChI is InChI=1S/C20H17BrN2O/c21-18-8-4-7-17(13-18)19(15-5-2-1-3-6-15)14-20(23-24)16-9-11-22-12-10-16/h1-13,19-20H,14H2. The van der Waals surface area contributed by atoms with Crippen LogP contribution in [0, 0.1) is 4.91 Å². The van der Waals surface area contributed by atoms with Crippen molar-refractivity contribution in [2.24, 2.45) is 5.18 Å². The van der Waals surface area contributed by atoms with E-state index in [1.54, 1.807) is 12.4 Å². The zero-order chi connectivity index (χ0) is 16.8. The fourth-order valence-electron chi connectivity index (χ4n) is 2.92. The minimum Gasteiger partial charge on any atom is -0.265 e. The molecule has 3 aromatic rings. The molecule has 0 aliphatic rings. The Kier molecular flexibility index (Phi) is 5.49. The summed E-state index contributed by atoms with van der Waals surface area (Å²) >= 11 is 3.54. The molecule has 0 spiro atoms. The number of hydrogen-bond donors (Lipinski definition) is 0. The summed E-state index contributed by atoms with van der Waals surface area (Å²) in [5, 5.41) is 3.38. The highest BCUT2D eigenvalue weighted by atomic mass is 79.9. The summed E-state index contributed by atoms with van der Waals surface area (Å²) in [6.45, 7) is 0. The van der Waals surface area contributed by atoms with Crippen LogP contribution in [-0.4, -0.2) is 4.98 Å². The van der Waals surface area contributed by atoms with Gasteiger partial charge in [0.1, 0.15) is 6.04 Å². The predicted octanol–water partition coefficient (Wildman–Crippen LogP) is 5.87. The number of hydrogen-bond acceptors (Lipinski definition) is 3. The van der Waals surface area contributed by atoms with Gasteiger partial charge in [0.2, 0.25) is 0 Å².